The third kappa shape index (κ3) is 4.37. The molecule has 0 bridgehead atoms. The van der Waals surface area contributed by atoms with Crippen LogP contribution in [0.5, 0.6) is 5.75 Å². The molecule has 21 heavy (non-hydrogen) atoms. The smallest absolute Gasteiger partial charge is 0.130 e. The average molecular weight is 284 g/mol. The Labute approximate surface area is 125 Å². The first-order valence-electron chi connectivity index (χ1n) is 7.07. The molecule has 0 aliphatic carbocycles. The number of aliphatic hydroxyl groups excluding tert-OH is 1. The molecule has 0 saturated heterocycles. The van der Waals surface area contributed by atoms with E-state index in [1.807, 2.05) is 36.0 Å². The molecule has 2 rings (SSSR count). The van der Waals surface area contributed by atoms with E-state index in [0.717, 1.165) is 29.1 Å². The fourth-order valence-electron chi connectivity index (χ4n) is 1.92. The summed E-state index contributed by atoms with van der Waals surface area (Å²) in [5.74, 6) is 6.69. The molecule has 0 spiro atoms. The van der Waals surface area contributed by atoms with Crippen molar-refractivity contribution >= 4 is 0 Å². The van der Waals surface area contributed by atoms with Crippen LogP contribution < -0.4 is 4.74 Å². The lowest BCUT2D eigenvalue weighted by Gasteiger charge is -2.06. The van der Waals surface area contributed by atoms with Gasteiger partial charge in [0.15, 0.2) is 0 Å². The van der Waals surface area contributed by atoms with Gasteiger partial charge in [0.1, 0.15) is 12.4 Å². The third-order valence-electron chi connectivity index (χ3n) is 3.08. The molecule has 4 nitrogen and oxygen atoms in total. The van der Waals surface area contributed by atoms with Crippen molar-refractivity contribution in [2.24, 2.45) is 7.05 Å². The maximum atomic E-state index is 8.72. The van der Waals surface area contributed by atoms with Crippen LogP contribution in [0, 0.1) is 11.8 Å². The molecule has 0 aliphatic rings. The number of benzene rings is 1. The molecular weight excluding hydrogens is 264 g/mol. The van der Waals surface area contributed by atoms with Crippen LogP contribution in [0.3, 0.4) is 0 Å². The van der Waals surface area contributed by atoms with E-state index in [-0.39, 0.29) is 6.61 Å². The minimum atomic E-state index is 0.0867. The fourth-order valence-corrected chi connectivity index (χ4v) is 1.92. The van der Waals surface area contributed by atoms with Crippen molar-refractivity contribution in [1.82, 2.24) is 9.78 Å². The number of ether oxygens (including phenoxy) is 1. The van der Waals surface area contributed by atoms with E-state index in [4.69, 9.17) is 9.84 Å². The minimum absolute atomic E-state index is 0.0867. The largest absolute Gasteiger partial charge is 0.487 e. The van der Waals surface area contributed by atoms with Crippen LogP contribution in [0.4, 0.5) is 0 Å². The molecule has 0 atom stereocenters. The molecule has 0 radical (unpaired) electrons. The topological polar surface area (TPSA) is 47.3 Å². The molecule has 2 aromatic rings. The van der Waals surface area contributed by atoms with Crippen molar-refractivity contribution in [1.29, 1.82) is 0 Å². The van der Waals surface area contributed by atoms with Crippen molar-refractivity contribution in [3.63, 3.8) is 0 Å². The molecule has 0 aliphatic heterocycles. The lowest BCUT2D eigenvalue weighted by molar-refractivity contribution is 0.295. The van der Waals surface area contributed by atoms with Gasteiger partial charge in [0, 0.05) is 19.0 Å². The second-order valence-corrected chi connectivity index (χ2v) is 4.70. The Bertz CT molecular complexity index is 650. The number of aryl methyl sites for hydroxylation is 2. The summed E-state index contributed by atoms with van der Waals surface area (Å²) in [6.45, 7) is 2.65. The van der Waals surface area contributed by atoms with Crippen LogP contribution >= 0.6 is 0 Å². The van der Waals surface area contributed by atoms with Crippen molar-refractivity contribution < 1.29 is 9.84 Å². The van der Waals surface area contributed by atoms with Gasteiger partial charge in [-0.25, -0.2) is 0 Å². The van der Waals surface area contributed by atoms with E-state index in [2.05, 4.69) is 29.9 Å². The lowest BCUT2D eigenvalue weighted by atomic mass is 10.2. The summed E-state index contributed by atoms with van der Waals surface area (Å²) < 4.78 is 7.65. The van der Waals surface area contributed by atoms with Gasteiger partial charge >= 0.3 is 0 Å². The van der Waals surface area contributed by atoms with Crippen LogP contribution in [-0.4, -0.2) is 21.5 Å². The highest BCUT2D eigenvalue weighted by Gasteiger charge is 2.04. The Morgan fingerprint density at radius 1 is 1.33 bits per heavy atom. The van der Waals surface area contributed by atoms with Gasteiger partial charge in [-0.05, 0) is 30.7 Å². The minimum Gasteiger partial charge on any atom is -0.487 e. The lowest BCUT2D eigenvalue weighted by Crippen LogP contribution is -2.03. The van der Waals surface area contributed by atoms with Crippen LogP contribution in [0.2, 0.25) is 0 Å². The second kappa shape index (κ2) is 7.51. The number of hydrogen-bond donors (Lipinski definition) is 1. The van der Waals surface area contributed by atoms with Gasteiger partial charge in [-0.1, -0.05) is 24.8 Å². The van der Waals surface area contributed by atoms with E-state index < -0.39 is 0 Å². The molecule has 0 saturated carbocycles. The van der Waals surface area contributed by atoms with Crippen molar-refractivity contribution in [3.05, 3.63) is 47.3 Å². The Kier molecular flexibility index (Phi) is 5.42. The summed E-state index contributed by atoms with van der Waals surface area (Å²) in [6.07, 6.45) is 1.41. The van der Waals surface area contributed by atoms with Gasteiger partial charge in [-0.3, -0.25) is 4.68 Å². The molecule has 110 valence electrons. The molecule has 1 aromatic carbocycles. The Hall–Kier alpha value is -2.25. The summed E-state index contributed by atoms with van der Waals surface area (Å²) in [6, 6.07) is 9.72. The first-order valence-corrected chi connectivity index (χ1v) is 7.07. The number of rotatable bonds is 5. The zero-order chi connectivity index (χ0) is 15.1. The van der Waals surface area contributed by atoms with Crippen LogP contribution in [0.1, 0.15) is 30.3 Å². The molecule has 1 aromatic heterocycles. The molecule has 1 N–H and O–H groups in total. The summed E-state index contributed by atoms with van der Waals surface area (Å²) in [5, 5.41) is 13.1. The number of aromatic nitrogens is 2. The maximum absolute atomic E-state index is 8.72. The van der Waals surface area contributed by atoms with E-state index in [1.54, 1.807) is 0 Å². The van der Waals surface area contributed by atoms with Gasteiger partial charge in [-0.2, -0.15) is 5.10 Å². The average Bonchev–Trinajstić information content (AvgIpc) is 2.86. The van der Waals surface area contributed by atoms with Crippen LogP contribution in [0.25, 0.3) is 0 Å². The number of hydrogen-bond acceptors (Lipinski definition) is 3. The Morgan fingerprint density at radius 2 is 2.19 bits per heavy atom. The van der Waals surface area contributed by atoms with E-state index >= 15 is 0 Å². The Morgan fingerprint density at radius 3 is 2.90 bits per heavy atom. The highest BCUT2D eigenvalue weighted by Crippen LogP contribution is 2.15. The quantitative estimate of drug-likeness (QED) is 0.857. The van der Waals surface area contributed by atoms with Crippen LogP contribution in [0.15, 0.2) is 30.3 Å². The standard InChI is InChI=1S/C17H20N2O2/c1-3-15-12-16(19(2)18-15)13-21-17-9-6-8-14(11-17)7-4-5-10-20/h6,8-9,11-12,20H,3,5,10,13H2,1-2H3. The van der Waals surface area contributed by atoms with Crippen molar-refractivity contribution in [3.8, 4) is 17.6 Å². The van der Waals surface area contributed by atoms with E-state index in [9.17, 15) is 0 Å². The zero-order valence-corrected chi connectivity index (χ0v) is 12.5. The van der Waals surface area contributed by atoms with Gasteiger partial charge in [-0.15, -0.1) is 0 Å². The maximum Gasteiger partial charge on any atom is 0.130 e. The summed E-state index contributed by atoms with van der Waals surface area (Å²) in [4.78, 5) is 0. The number of nitrogens with zero attached hydrogens (tertiary/aromatic N) is 2. The van der Waals surface area contributed by atoms with Crippen LogP contribution in [-0.2, 0) is 20.1 Å². The second-order valence-electron chi connectivity index (χ2n) is 4.70. The molecule has 0 fully saturated rings. The molecule has 0 unspecified atom stereocenters. The van der Waals surface area contributed by atoms with Gasteiger partial charge in [0.05, 0.1) is 18.0 Å². The SMILES string of the molecule is CCc1cc(COc2cccc(C#CCCO)c2)n(C)n1. The van der Waals surface area contributed by atoms with Crippen molar-refractivity contribution in [2.45, 2.75) is 26.4 Å². The Balaban J connectivity index is 2.01. The fraction of sp³-hybridized carbons (Fsp3) is 0.353. The first kappa shape index (κ1) is 15.1. The van der Waals surface area contributed by atoms with Gasteiger partial charge < -0.3 is 9.84 Å². The molecule has 4 heteroatoms. The predicted molar refractivity (Wildman–Crippen MR) is 81.9 cm³/mol. The normalized spacial score (nSPS) is 10.0. The summed E-state index contributed by atoms with van der Waals surface area (Å²) in [7, 11) is 1.93. The van der Waals surface area contributed by atoms with Gasteiger partial charge in [0.25, 0.3) is 0 Å². The van der Waals surface area contributed by atoms with Crippen molar-refractivity contribution in [2.75, 3.05) is 6.61 Å². The number of aliphatic hydroxyl groups is 1. The summed E-state index contributed by atoms with van der Waals surface area (Å²) >= 11 is 0. The first-order chi connectivity index (χ1) is 10.2. The molecule has 1 heterocycles. The highest BCUT2D eigenvalue weighted by atomic mass is 16.5. The molecule has 0 amide bonds. The summed E-state index contributed by atoms with van der Waals surface area (Å²) in [5.41, 5.74) is 3.00. The third-order valence-corrected chi connectivity index (χ3v) is 3.08. The highest BCUT2D eigenvalue weighted by molar-refractivity contribution is 5.39. The zero-order valence-electron chi connectivity index (χ0n) is 12.5. The predicted octanol–water partition coefficient (Wildman–Crippen LogP) is 2.30. The molecular formula is C17H20N2O2. The van der Waals surface area contributed by atoms with Gasteiger partial charge in [0.2, 0.25) is 0 Å². The van der Waals surface area contributed by atoms with E-state index in [1.165, 1.54) is 0 Å². The van der Waals surface area contributed by atoms with E-state index in [0.29, 0.717) is 13.0 Å². The monoisotopic (exact) mass is 284 g/mol.